The molecule has 0 saturated carbocycles. The Labute approximate surface area is 93.9 Å². The van der Waals surface area contributed by atoms with E-state index < -0.39 is 11.3 Å². The molecule has 0 fully saturated rings. The molecule has 0 bridgehead atoms. The molecule has 1 atom stereocenters. The number of rotatable bonds is 4. The molecule has 3 nitrogen and oxygen atoms in total. The van der Waals surface area contributed by atoms with E-state index in [1.807, 2.05) is 24.3 Å². The Morgan fingerprint density at radius 1 is 1.33 bits per heavy atom. The predicted octanol–water partition coefficient (Wildman–Crippen LogP) is 2.02. The number of hydrogen-bond donors (Lipinski definition) is 0. The van der Waals surface area contributed by atoms with Crippen molar-refractivity contribution >= 4 is 17.6 Å². The van der Waals surface area contributed by atoms with Crippen LogP contribution in [0.25, 0.3) is 0 Å². The molecule has 1 aromatic rings. The number of carbonyl (C=O) groups is 1. The van der Waals surface area contributed by atoms with E-state index in [2.05, 4.69) is 4.74 Å². The number of benzene rings is 1. The van der Waals surface area contributed by atoms with Crippen molar-refractivity contribution in [2.24, 2.45) is 0 Å². The second-order valence-electron chi connectivity index (χ2n) is 3.04. The van der Waals surface area contributed by atoms with Gasteiger partial charge in [-0.2, -0.15) is 0 Å². The largest absolute Gasteiger partial charge is 0.497 e. The maximum absolute atomic E-state index is 11.1. The van der Waals surface area contributed by atoms with Crippen LogP contribution in [0.2, 0.25) is 0 Å². The third-order valence-corrected chi connectivity index (χ3v) is 2.36. The Kier molecular flexibility index (Phi) is 4.43. The lowest BCUT2D eigenvalue weighted by molar-refractivity contribution is -0.140. The van der Waals surface area contributed by atoms with E-state index >= 15 is 0 Å². The van der Waals surface area contributed by atoms with Crippen molar-refractivity contribution in [1.82, 2.24) is 0 Å². The molecule has 0 N–H and O–H groups in total. The zero-order valence-electron chi connectivity index (χ0n) is 8.70. The van der Waals surface area contributed by atoms with E-state index in [-0.39, 0.29) is 0 Å². The number of methoxy groups -OCH3 is 2. The van der Waals surface area contributed by atoms with Crippen molar-refractivity contribution in [2.75, 3.05) is 14.2 Å². The summed E-state index contributed by atoms with van der Waals surface area (Å²) in [6, 6.07) is 7.40. The van der Waals surface area contributed by atoms with Crippen LogP contribution in [0, 0.1) is 0 Å². The number of esters is 1. The highest BCUT2D eigenvalue weighted by atomic mass is 35.5. The smallest absolute Gasteiger partial charge is 0.324 e. The van der Waals surface area contributed by atoms with Crippen molar-refractivity contribution in [3.05, 3.63) is 29.8 Å². The van der Waals surface area contributed by atoms with Crippen molar-refractivity contribution in [2.45, 2.75) is 11.8 Å². The first-order valence-electron chi connectivity index (χ1n) is 4.52. The van der Waals surface area contributed by atoms with Crippen LogP contribution in [-0.2, 0) is 16.0 Å². The van der Waals surface area contributed by atoms with Gasteiger partial charge in [-0.3, -0.25) is 4.79 Å². The molecule has 0 radical (unpaired) electrons. The van der Waals surface area contributed by atoms with Crippen LogP contribution in [0.3, 0.4) is 0 Å². The van der Waals surface area contributed by atoms with Gasteiger partial charge in [-0.15, -0.1) is 11.6 Å². The molecule has 15 heavy (non-hydrogen) atoms. The SMILES string of the molecule is COC(=O)C(Cl)Cc1ccc(OC)cc1. The van der Waals surface area contributed by atoms with Gasteiger partial charge < -0.3 is 9.47 Å². The fourth-order valence-electron chi connectivity index (χ4n) is 1.18. The Morgan fingerprint density at radius 3 is 2.40 bits per heavy atom. The zero-order chi connectivity index (χ0) is 11.3. The van der Waals surface area contributed by atoms with Crippen LogP contribution >= 0.6 is 11.6 Å². The van der Waals surface area contributed by atoms with Gasteiger partial charge in [0.2, 0.25) is 0 Å². The predicted molar refractivity (Wildman–Crippen MR) is 58.4 cm³/mol. The average molecular weight is 229 g/mol. The summed E-state index contributed by atoms with van der Waals surface area (Å²) in [6.45, 7) is 0. The van der Waals surface area contributed by atoms with Crippen molar-refractivity contribution < 1.29 is 14.3 Å². The Balaban J connectivity index is 2.60. The minimum Gasteiger partial charge on any atom is -0.497 e. The van der Waals surface area contributed by atoms with Crippen LogP contribution in [0.15, 0.2) is 24.3 Å². The molecule has 1 rings (SSSR count). The molecule has 1 unspecified atom stereocenters. The molecule has 0 heterocycles. The van der Waals surface area contributed by atoms with Gasteiger partial charge in [0.25, 0.3) is 0 Å². The van der Waals surface area contributed by atoms with Crippen LogP contribution < -0.4 is 4.74 Å². The number of halogens is 1. The third-order valence-electron chi connectivity index (χ3n) is 2.03. The summed E-state index contributed by atoms with van der Waals surface area (Å²) < 4.78 is 9.55. The molecule has 0 aliphatic rings. The van der Waals surface area contributed by atoms with E-state index in [9.17, 15) is 4.79 Å². The summed E-state index contributed by atoms with van der Waals surface area (Å²) in [5.41, 5.74) is 0.973. The lowest BCUT2D eigenvalue weighted by Crippen LogP contribution is -2.18. The van der Waals surface area contributed by atoms with Gasteiger partial charge in [0, 0.05) is 0 Å². The van der Waals surface area contributed by atoms with Gasteiger partial charge in [-0.25, -0.2) is 0 Å². The lowest BCUT2D eigenvalue weighted by Gasteiger charge is -2.07. The Morgan fingerprint density at radius 2 is 1.93 bits per heavy atom. The van der Waals surface area contributed by atoms with E-state index in [4.69, 9.17) is 16.3 Å². The molecule has 0 aliphatic heterocycles. The van der Waals surface area contributed by atoms with E-state index in [1.165, 1.54) is 7.11 Å². The van der Waals surface area contributed by atoms with Crippen molar-refractivity contribution in [3.8, 4) is 5.75 Å². The molecule has 1 aromatic carbocycles. The highest BCUT2D eigenvalue weighted by Crippen LogP contribution is 2.14. The van der Waals surface area contributed by atoms with Crippen molar-refractivity contribution in [3.63, 3.8) is 0 Å². The number of carbonyl (C=O) groups excluding carboxylic acids is 1. The topological polar surface area (TPSA) is 35.5 Å². The summed E-state index contributed by atoms with van der Waals surface area (Å²) in [4.78, 5) is 11.1. The maximum Gasteiger partial charge on any atom is 0.324 e. The van der Waals surface area contributed by atoms with Crippen molar-refractivity contribution in [1.29, 1.82) is 0 Å². The molecule has 0 amide bonds. The highest BCUT2D eigenvalue weighted by molar-refractivity contribution is 6.30. The normalized spacial score (nSPS) is 11.9. The fourth-order valence-corrected chi connectivity index (χ4v) is 1.45. The first-order chi connectivity index (χ1) is 7.17. The first kappa shape index (κ1) is 11.9. The fraction of sp³-hybridized carbons (Fsp3) is 0.364. The highest BCUT2D eigenvalue weighted by Gasteiger charge is 2.15. The molecule has 4 heteroatoms. The van der Waals surface area contributed by atoms with Gasteiger partial charge in [0.1, 0.15) is 11.1 Å². The molecule has 0 saturated heterocycles. The summed E-state index contributed by atoms with van der Waals surface area (Å²) in [6.07, 6.45) is 0.457. The lowest BCUT2D eigenvalue weighted by atomic mass is 10.1. The van der Waals surface area contributed by atoms with Crippen LogP contribution in [0.4, 0.5) is 0 Å². The number of hydrogen-bond acceptors (Lipinski definition) is 3. The Hall–Kier alpha value is -1.22. The molecule has 0 aliphatic carbocycles. The molecule has 0 spiro atoms. The standard InChI is InChI=1S/C11H13ClO3/c1-14-9-5-3-8(4-6-9)7-10(12)11(13)15-2/h3-6,10H,7H2,1-2H3. The summed E-state index contributed by atoms with van der Waals surface area (Å²) in [5.74, 6) is 0.371. The molecular formula is C11H13ClO3. The third kappa shape index (κ3) is 3.44. The van der Waals surface area contributed by atoms with E-state index in [0.29, 0.717) is 6.42 Å². The van der Waals surface area contributed by atoms with E-state index in [0.717, 1.165) is 11.3 Å². The monoisotopic (exact) mass is 228 g/mol. The average Bonchev–Trinajstić information content (AvgIpc) is 2.29. The van der Waals surface area contributed by atoms with E-state index in [1.54, 1.807) is 7.11 Å². The minimum absolute atomic E-state index is 0.410. The Bertz CT molecular complexity index is 321. The second-order valence-corrected chi connectivity index (χ2v) is 3.57. The van der Waals surface area contributed by atoms with Gasteiger partial charge in [0.05, 0.1) is 14.2 Å². The van der Waals surface area contributed by atoms with Gasteiger partial charge >= 0.3 is 5.97 Å². The van der Waals surface area contributed by atoms with Gasteiger partial charge in [-0.1, -0.05) is 12.1 Å². The number of alkyl halides is 1. The maximum atomic E-state index is 11.1. The minimum atomic E-state index is -0.636. The molecule has 0 aromatic heterocycles. The van der Waals surface area contributed by atoms with Crippen LogP contribution in [0.5, 0.6) is 5.75 Å². The number of ether oxygens (including phenoxy) is 2. The summed E-state index contributed by atoms with van der Waals surface area (Å²) in [5, 5.41) is -0.636. The first-order valence-corrected chi connectivity index (χ1v) is 4.96. The second kappa shape index (κ2) is 5.61. The summed E-state index contributed by atoms with van der Waals surface area (Å²) in [7, 11) is 2.93. The molecule has 82 valence electrons. The molecular weight excluding hydrogens is 216 g/mol. The van der Waals surface area contributed by atoms with Crippen LogP contribution in [-0.4, -0.2) is 25.6 Å². The van der Waals surface area contributed by atoms with Gasteiger partial charge in [-0.05, 0) is 24.1 Å². The summed E-state index contributed by atoms with van der Waals surface area (Å²) >= 11 is 5.83. The van der Waals surface area contributed by atoms with Crippen LogP contribution in [0.1, 0.15) is 5.56 Å². The quantitative estimate of drug-likeness (QED) is 0.584. The zero-order valence-corrected chi connectivity index (χ0v) is 9.45. The van der Waals surface area contributed by atoms with Gasteiger partial charge in [0.15, 0.2) is 0 Å².